The average molecular weight is 299 g/mol. The predicted molar refractivity (Wildman–Crippen MR) is 74.1 cm³/mol. The molecule has 0 aliphatic carbocycles. The highest BCUT2D eigenvalue weighted by Gasteiger charge is 2.23. The number of aliphatic hydroxyl groups is 1. The summed E-state index contributed by atoms with van der Waals surface area (Å²) in [5.74, 6) is 0. The highest BCUT2D eigenvalue weighted by atomic mass is 79.9. The Morgan fingerprint density at radius 2 is 2.24 bits per heavy atom. The van der Waals surface area contributed by atoms with E-state index in [1.807, 2.05) is 6.07 Å². The monoisotopic (exact) mass is 298 g/mol. The molecule has 0 amide bonds. The van der Waals surface area contributed by atoms with E-state index in [0.29, 0.717) is 6.54 Å². The van der Waals surface area contributed by atoms with E-state index in [1.165, 1.54) is 18.5 Å². The van der Waals surface area contributed by atoms with E-state index >= 15 is 0 Å². The summed E-state index contributed by atoms with van der Waals surface area (Å²) in [5, 5.41) is 9.47. The van der Waals surface area contributed by atoms with E-state index < -0.39 is 0 Å². The Morgan fingerprint density at radius 1 is 1.41 bits per heavy atom. The van der Waals surface area contributed by atoms with Crippen molar-refractivity contribution >= 4 is 21.6 Å². The Kier molecular flexibility index (Phi) is 4.42. The van der Waals surface area contributed by atoms with Crippen LogP contribution in [0.2, 0.25) is 0 Å². The van der Waals surface area contributed by atoms with Crippen molar-refractivity contribution in [1.82, 2.24) is 0 Å². The number of piperidine rings is 1. The summed E-state index contributed by atoms with van der Waals surface area (Å²) in [7, 11) is 0. The van der Waals surface area contributed by atoms with Gasteiger partial charge >= 0.3 is 0 Å². The maximum atomic E-state index is 9.47. The van der Waals surface area contributed by atoms with Crippen LogP contribution in [0.15, 0.2) is 22.7 Å². The molecule has 0 bridgehead atoms. The minimum atomic E-state index is 0.219. The van der Waals surface area contributed by atoms with Gasteiger partial charge in [-0.05, 0) is 37.0 Å². The molecule has 1 saturated heterocycles. The first-order valence-corrected chi connectivity index (χ1v) is 6.91. The van der Waals surface area contributed by atoms with Gasteiger partial charge in [-0.2, -0.15) is 0 Å². The highest BCUT2D eigenvalue weighted by Crippen LogP contribution is 2.30. The fourth-order valence-corrected chi connectivity index (χ4v) is 2.83. The van der Waals surface area contributed by atoms with E-state index in [1.54, 1.807) is 0 Å². The lowest BCUT2D eigenvalue weighted by atomic mass is 10.0. The summed E-state index contributed by atoms with van der Waals surface area (Å²) in [4.78, 5) is 2.30. The van der Waals surface area contributed by atoms with Gasteiger partial charge in [0.15, 0.2) is 0 Å². The van der Waals surface area contributed by atoms with Gasteiger partial charge in [0, 0.05) is 23.2 Å². The molecule has 17 heavy (non-hydrogen) atoms. The zero-order valence-electron chi connectivity index (χ0n) is 9.90. The molecule has 0 aromatic heterocycles. The first kappa shape index (κ1) is 12.9. The number of benzene rings is 1. The Labute approximate surface area is 111 Å². The molecule has 0 spiro atoms. The van der Waals surface area contributed by atoms with Crippen molar-refractivity contribution in [3.05, 3.63) is 28.2 Å². The van der Waals surface area contributed by atoms with Gasteiger partial charge in [0.2, 0.25) is 0 Å². The molecule has 1 heterocycles. The Balaban J connectivity index is 2.33. The standard InChI is InChI=1S/C13H19BrN2O/c14-11-5-4-10(8-15)13(7-11)16-6-2-1-3-12(16)9-17/h4-5,7,12,17H,1-3,6,8-9,15H2. The van der Waals surface area contributed by atoms with Crippen LogP contribution in [0.1, 0.15) is 24.8 Å². The van der Waals surface area contributed by atoms with Crippen molar-refractivity contribution in [2.45, 2.75) is 31.8 Å². The van der Waals surface area contributed by atoms with Gasteiger partial charge < -0.3 is 15.7 Å². The van der Waals surface area contributed by atoms with Crippen LogP contribution < -0.4 is 10.6 Å². The third-order valence-electron chi connectivity index (χ3n) is 3.41. The number of anilines is 1. The van der Waals surface area contributed by atoms with Crippen molar-refractivity contribution in [2.75, 3.05) is 18.1 Å². The smallest absolute Gasteiger partial charge is 0.0635 e. The lowest BCUT2D eigenvalue weighted by molar-refractivity contribution is 0.240. The fourth-order valence-electron chi connectivity index (χ4n) is 2.48. The molecule has 1 aromatic carbocycles. The molecule has 0 saturated carbocycles. The van der Waals surface area contributed by atoms with Crippen molar-refractivity contribution < 1.29 is 5.11 Å². The second kappa shape index (κ2) is 5.85. The van der Waals surface area contributed by atoms with Crippen LogP contribution >= 0.6 is 15.9 Å². The first-order valence-electron chi connectivity index (χ1n) is 6.12. The Bertz CT molecular complexity index is 384. The molecule has 3 nitrogen and oxygen atoms in total. The van der Waals surface area contributed by atoms with Gasteiger partial charge in [0.05, 0.1) is 12.6 Å². The van der Waals surface area contributed by atoms with Crippen LogP contribution in [-0.4, -0.2) is 24.3 Å². The maximum Gasteiger partial charge on any atom is 0.0635 e. The molecule has 3 N–H and O–H groups in total. The number of nitrogens with two attached hydrogens (primary N) is 1. The fraction of sp³-hybridized carbons (Fsp3) is 0.538. The second-order valence-electron chi connectivity index (χ2n) is 4.50. The summed E-state index contributed by atoms with van der Waals surface area (Å²) in [6.45, 7) is 1.77. The van der Waals surface area contributed by atoms with E-state index in [2.05, 4.69) is 33.0 Å². The SMILES string of the molecule is NCc1ccc(Br)cc1N1CCCCC1CO. The largest absolute Gasteiger partial charge is 0.394 e. The van der Waals surface area contributed by atoms with E-state index in [0.717, 1.165) is 23.0 Å². The minimum Gasteiger partial charge on any atom is -0.394 e. The van der Waals surface area contributed by atoms with Crippen LogP contribution in [0.25, 0.3) is 0 Å². The van der Waals surface area contributed by atoms with E-state index in [-0.39, 0.29) is 12.6 Å². The third-order valence-corrected chi connectivity index (χ3v) is 3.91. The normalized spacial score (nSPS) is 20.6. The maximum absolute atomic E-state index is 9.47. The molecule has 1 aromatic rings. The van der Waals surface area contributed by atoms with Gasteiger partial charge in [-0.3, -0.25) is 0 Å². The summed E-state index contributed by atoms with van der Waals surface area (Å²) in [5.41, 5.74) is 8.10. The quantitative estimate of drug-likeness (QED) is 0.900. The number of hydrogen-bond donors (Lipinski definition) is 2. The molecule has 1 fully saturated rings. The molecule has 1 aliphatic heterocycles. The Hall–Kier alpha value is -0.580. The molecule has 1 aliphatic rings. The molecular weight excluding hydrogens is 280 g/mol. The average Bonchev–Trinajstić information content (AvgIpc) is 2.38. The Morgan fingerprint density at radius 3 is 2.94 bits per heavy atom. The molecule has 2 rings (SSSR count). The number of rotatable bonds is 3. The summed E-state index contributed by atoms with van der Waals surface area (Å²) >= 11 is 3.50. The van der Waals surface area contributed by atoms with Gasteiger partial charge in [-0.15, -0.1) is 0 Å². The highest BCUT2D eigenvalue weighted by molar-refractivity contribution is 9.10. The number of hydrogen-bond acceptors (Lipinski definition) is 3. The topological polar surface area (TPSA) is 49.5 Å². The first-order chi connectivity index (χ1) is 8.26. The molecule has 0 radical (unpaired) electrons. The summed E-state index contributed by atoms with van der Waals surface area (Å²) < 4.78 is 1.06. The van der Waals surface area contributed by atoms with Gasteiger partial charge in [-0.25, -0.2) is 0 Å². The minimum absolute atomic E-state index is 0.219. The molecule has 94 valence electrons. The number of nitrogens with zero attached hydrogens (tertiary/aromatic N) is 1. The molecule has 1 atom stereocenters. The summed E-state index contributed by atoms with van der Waals surface area (Å²) in [6, 6.07) is 6.42. The zero-order valence-corrected chi connectivity index (χ0v) is 11.5. The predicted octanol–water partition coefficient (Wildman–Crippen LogP) is 2.26. The van der Waals surface area contributed by atoms with Crippen LogP contribution in [0, 0.1) is 0 Å². The lowest BCUT2D eigenvalue weighted by Gasteiger charge is -2.37. The molecular formula is C13H19BrN2O. The van der Waals surface area contributed by atoms with Crippen LogP contribution in [0.5, 0.6) is 0 Å². The van der Waals surface area contributed by atoms with Crippen molar-refractivity contribution in [3.8, 4) is 0 Å². The zero-order chi connectivity index (χ0) is 12.3. The van der Waals surface area contributed by atoms with Crippen LogP contribution in [0.4, 0.5) is 5.69 Å². The second-order valence-corrected chi connectivity index (χ2v) is 5.42. The van der Waals surface area contributed by atoms with E-state index in [9.17, 15) is 5.11 Å². The van der Waals surface area contributed by atoms with Crippen molar-refractivity contribution in [1.29, 1.82) is 0 Å². The molecule has 1 unspecified atom stereocenters. The number of halogens is 1. The van der Waals surface area contributed by atoms with Crippen LogP contribution in [-0.2, 0) is 6.54 Å². The van der Waals surface area contributed by atoms with Gasteiger partial charge in [0.25, 0.3) is 0 Å². The van der Waals surface area contributed by atoms with E-state index in [4.69, 9.17) is 5.73 Å². The summed E-state index contributed by atoms with van der Waals surface area (Å²) in [6.07, 6.45) is 3.45. The number of aliphatic hydroxyl groups excluding tert-OH is 1. The van der Waals surface area contributed by atoms with Crippen molar-refractivity contribution in [2.24, 2.45) is 5.73 Å². The lowest BCUT2D eigenvalue weighted by Crippen LogP contribution is -2.42. The van der Waals surface area contributed by atoms with Gasteiger partial charge in [-0.1, -0.05) is 22.0 Å². The van der Waals surface area contributed by atoms with Gasteiger partial charge in [0.1, 0.15) is 0 Å². The molecule has 4 heteroatoms. The third kappa shape index (κ3) is 2.81. The van der Waals surface area contributed by atoms with Crippen molar-refractivity contribution in [3.63, 3.8) is 0 Å². The van der Waals surface area contributed by atoms with Crippen LogP contribution in [0.3, 0.4) is 0 Å².